The number of phenols is 1. The maximum absolute atomic E-state index is 13.4. The average Bonchev–Trinajstić information content (AvgIpc) is 3.20. The van der Waals surface area contributed by atoms with Crippen LogP contribution in [0.1, 0.15) is 70.8 Å². The summed E-state index contributed by atoms with van der Waals surface area (Å²) in [5, 5.41) is 13.7. The Hall–Kier alpha value is -2.28. The van der Waals surface area contributed by atoms with E-state index in [0.29, 0.717) is 39.7 Å². The molecule has 6 nitrogen and oxygen atoms in total. The molecule has 1 aromatic carbocycles. The number of hydrogen-bond donors (Lipinski definition) is 2. The molecule has 0 amide bonds. The number of ether oxygens (including phenoxy) is 2. The normalized spacial score (nSPS) is 23.2. The van der Waals surface area contributed by atoms with Crippen LogP contribution >= 0.6 is 15.9 Å². The van der Waals surface area contributed by atoms with Gasteiger partial charge in [0.25, 0.3) is 0 Å². The van der Waals surface area contributed by atoms with Crippen LogP contribution in [-0.4, -0.2) is 30.1 Å². The van der Waals surface area contributed by atoms with Crippen LogP contribution in [0.25, 0.3) is 0 Å². The predicted molar refractivity (Wildman–Crippen MR) is 124 cm³/mol. The number of carbonyl (C=O) groups excluding carboxylic acids is 2. The van der Waals surface area contributed by atoms with E-state index in [1.165, 1.54) is 7.11 Å². The fourth-order valence-corrected chi connectivity index (χ4v) is 5.64. The molecule has 0 unspecified atom stereocenters. The lowest BCUT2D eigenvalue weighted by Crippen LogP contribution is -2.39. The largest absolute Gasteiger partial charge is 0.503 e. The number of phenolic OH excluding ortho intramolecular Hbond substituents is 1. The van der Waals surface area contributed by atoms with E-state index in [4.69, 9.17) is 9.47 Å². The van der Waals surface area contributed by atoms with Crippen molar-refractivity contribution in [1.82, 2.24) is 5.32 Å². The number of methoxy groups -OCH3 is 1. The summed E-state index contributed by atoms with van der Waals surface area (Å²) in [5.74, 6) is -0.699. The summed E-state index contributed by atoms with van der Waals surface area (Å²) in [7, 11) is 1.48. The fourth-order valence-electron chi connectivity index (χ4n) is 5.18. The molecular formula is C25H30BrNO5. The van der Waals surface area contributed by atoms with Gasteiger partial charge in [0.1, 0.15) is 6.10 Å². The highest BCUT2D eigenvalue weighted by atomic mass is 79.9. The van der Waals surface area contributed by atoms with Crippen molar-refractivity contribution in [2.45, 2.75) is 71.3 Å². The van der Waals surface area contributed by atoms with Crippen LogP contribution in [0.4, 0.5) is 0 Å². The molecule has 2 aliphatic carbocycles. The van der Waals surface area contributed by atoms with Gasteiger partial charge in [-0.1, -0.05) is 13.8 Å². The second-order valence-electron chi connectivity index (χ2n) is 9.80. The molecule has 32 heavy (non-hydrogen) atoms. The minimum atomic E-state index is -0.588. The van der Waals surface area contributed by atoms with E-state index in [9.17, 15) is 14.7 Å². The lowest BCUT2D eigenvalue weighted by molar-refractivity contribution is -0.144. The van der Waals surface area contributed by atoms with Crippen LogP contribution in [0, 0.1) is 5.41 Å². The molecule has 0 saturated heterocycles. The van der Waals surface area contributed by atoms with Crippen molar-refractivity contribution in [3.63, 3.8) is 0 Å². The SMILES string of the molecule is COc1cc([C@@H]2C(C(=O)OC3CCCC3)=C(C)NC3=C2C(=O)CC(C)(C)C3)cc(Br)c1O. The number of ketones is 1. The van der Waals surface area contributed by atoms with Gasteiger partial charge in [-0.3, -0.25) is 4.79 Å². The first-order valence-corrected chi connectivity index (χ1v) is 11.9. The lowest BCUT2D eigenvalue weighted by atomic mass is 9.68. The van der Waals surface area contributed by atoms with Gasteiger partial charge in [-0.25, -0.2) is 4.79 Å². The first-order chi connectivity index (χ1) is 15.1. The molecule has 1 heterocycles. The van der Waals surface area contributed by atoms with E-state index in [-0.39, 0.29) is 34.8 Å². The number of hydrogen-bond acceptors (Lipinski definition) is 6. The molecule has 1 aliphatic heterocycles. The molecule has 0 spiro atoms. The highest BCUT2D eigenvalue weighted by Crippen LogP contribution is 2.49. The highest BCUT2D eigenvalue weighted by Gasteiger charge is 2.44. The van der Waals surface area contributed by atoms with E-state index in [1.54, 1.807) is 12.1 Å². The standard InChI is InChI=1S/C25H30BrNO5/c1-13-20(24(30)32-15-7-5-6-8-15)21(14-9-16(26)23(29)19(10-14)31-4)22-17(27-13)11-25(2,3)12-18(22)28/h9-10,15,21,27,29H,5-8,11-12H2,1-4H3/t21-/m1/s1. The van der Waals surface area contributed by atoms with E-state index >= 15 is 0 Å². The van der Waals surface area contributed by atoms with Crippen LogP contribution in [0.3, 0.4) is 0 Å². The molecule has 1 saturated carbocycles. The first-order valence-electron chi connectivity index (χ1n) is 11.1. The Labute approximate surface area is 197 Å². The van der Waals surface area contributed by atoms with Crippen LogP contribution in [0.15, 0.2) is 39.1 Å². The predicted octanol–water partition coefficient (Wildman–Crippen LogP) is 5.25. The summed E-state index contributed by atoms with van der Waals surface area (Å²) < 4.78 is 11.7. The fraction of sp³-hybridized carbons (Fsp3) is 0.520. The summed E-state index contributed by atoms with van der Waals surface area (Å²) in [4.78, 5) is 26.8. The number of aromatic hydroxyl groups is 1. The van der Waals surface area contributed by atoms with Crippen molar-refractivity contribution >= 4 is 27.7 Å². The summed E-state index contributed by atoms with van der Waals surface area (Å²) in [5.41, 5.74) is 3.14. The van der Waals surface area contributed by atoms with Crippen molar-refractivity contribution in [2.75, 3.05) is 7.11 Å². The van der Waals surface area contributed by atoms with Gasteiger partial charge < -0.3 is 19.9 Å². The third-order valence-corrected chi connectivity index (χ3v) is 7.24. The van der Waals surface area contributed by atoms with Crippen molar-refractivity contribution in [1.29, 1.82) is 0 Å². The van der Waals surface area contributed by atoms with Gasteiger partial charge in [0, 0.05) is 29.3 Å². The number of carbonyl (C=O) groups is 2. The van der Waals surface area contributed by atoms with E-state index in [0.717, 1.165) is 31.4 Å². The quantitative estimate of drug-likeness (QED) is 0.545. The maximum atomic E-state index is 13.4. The zero-order chi connectivity index (χ0) is 23.2. The summed E-state index contributed by atoms with van der Waals surface area (Å²) in [6, 6.07) is 3.45. The highest BCUT2D eigenvalue weighted by molar-refractivity contribution is 9.10. The van der Waals surface area contributed by atoms with Gasteiger partial charge in [0.2, 0.25) is 0 Å². The molecule has 0 radical (unpaired) electrons. The van der Waals surface area contributed by atoms with Gasteiger partial charge in [0.05, 0.1) is 17.2 Å². The smallest absolute Gasteiger partial charge is 0.337 e. The molecule has 0 bridgehead atoms. The van der Waals surface area contributed by atoms with Gasteiger partial charge in [-0.15, -0.1) is 0 Å². The molecule has 172 valence electrons. The van der Waals surface area contributed by atoms with Crippen LogP contribution in [-0.2, 0) is 14.3 Å². The van der Waals surface area contributed by atoms with Crippen LogP contribution in [0.2, 0.25) is 0 Å². The number of allylic oxidation sites excluding steroid dienone is 3. The number of halogens is 1. The van der Waals surface area contributed by atoms with E-state index in [1.807, 2.05) is 6.92 Å². The number of esters is 1. The van der Waals surface area contributed by atoms with Crippen molar-refractivity contribution < 1.29 is 24.2 Å². The number of dihydropyridines is 1. The Morgan fingerprint density at radius 2 is 1.91 bits per heavy atom. The van der Waals surface area contributed by atoms with Gasteiger partial charge >= 0.3 is 5.97 Å². The van der Waals surface area contributed by atoms with Crippen LogP contribution < -0.4 is 10.1 Å². The second-order valence-corrected chi connectivity index (χ2v) is 10.6. The third-order valence-electron chi connectivity index (χ3n) is 6.64. The minimum absolute atomic E-state index is 0.0220. The van der Waals surface area contributed by atoms with E-state index < -0.39 is 5.92 Å². The molecule has 1 atom stereocenters. The summed E-state index contributed by atoms with van der Waals surface area (Å²) in [6.45, 7) is 6.02. The first kappa shape index (κ1) is 22.9. The zero-order valence-electron chi connectivity index (χ0n) is 19.0. The number of Topliss-reactive ketones (excluding diaryl/α,β-unsaturated/α-hetero) is 1. The number of rotatable bonds is 4. The molecule has 0 aromatic heterocycles. The maximum Gasteiger partial charge on any atom is 0.337 e. The van der Waals surface area contributed by atoms with Gasteiger partial charge in [-0.2, -0.15) is 0 Å². The van der Waals surface area contributed by atoms with Crippen molar-refractivity contribution in [3.05, 3.63) is 44.7 Å². The Morgan fingerprint density at radius 1 is 1.22 bits per heavy atom. The Kier molecular flexibility index (Phi) is 6.14. The minimum Gasteiger partial charge on any atom is -0.503 e. The molecule has 1 aromatic rings. The average molecular weight is 504 g/mol. The number of benzene rings is 1. The molecule has 1 fully saturated rings. The summed E-state index contributed by atoms with van der Waals surface area (Å²) >= 11 is 3.39. The van der Waals surface area contributed by atoms with Crippen molar-refractivity contribution in [2.24, 2.45) is 5.41 Å². The lowest BCUT2D eigenvalue weighted by Gasteiger charge is -2.39. The Morgan fingerprint density at radius 3 is 2.56 bits per heavy atom. The van der Waals surface area contributed by atoms with Gasteiger partial charge in [0.15, 0.2) is 17.3 Å². The molecular weight excluding hydrogens is 474 g/mol. The van der Waals surface area contributed by atoms with E-state index in [2.05, 4.69) is 35.1 Å². The van der Waals surface area contributed by atoms with Crippen LogP contribution in [0.5, 0.6) is 11.5 Å². The molecule has 3 aliphatic rings. The Balaban J connectivity index is 1.85. The molecule has 7 heteroatoms. The molecule has 2 N–H and O–H groups in total. The summed E-state index contributed by atoms with van der Waals surface area (Å²) in [6.07, 6.45) is 4.89. The van der Waals surface area contributed by atoms with Crippen molar-refractivity contribution in [3.8, 4) is 11.5 Å². The second kappa shape index (κ2) is 8.58. The zero-order valence-corrected chi connectivity index (χ0v) is 20.6. The Bertz CT molecular complexity index is 1030. The molecule has 4 rings (SSSR count). The third kappa shape index (κ3) is 4.19. The number of nitrogens with one attached hydrogen (secondary N) is 1. The topological polar surface area (TPSA) is 84.9 Å². The van der Waals surface area contributed by atoms with Gasteiger partial charge in [-0.05, 0) is 78.1 Å². The monoisotopic (exact) mass is 503 g/mol.